The van der Waals surface area contributed by atoms with E-state index in [2.05, 4.69) is 48.5 Å². The first-order valence-electron chi connectivity index (χ1n) is 8.17. The van der Waals surface area contributed by atoms with Crippen LogP contribution in [-0.4, -0.2) is 27.4 Å². The first-order valence-corrected chi connectivity index (χ1v) is 8.17. The van der Waals surface area contributed by atoms with E-state index in [1.54, 1.807) is 14.2 Å². The van der Waals surface area contributed by atoms with Gasteiger partial charge in [-0.15, -0.1) is 0 Å². The Balaban J connectivity index is 1.65. The molecule has 3 heteroatoms. The van der Waals surface area contributed by atoms with Gasteiger partial charge in [-0.05, 0) is 59.1 Å². The van der Waals surface area contributed by atoms with Crippen LogP contribution in [0.5, 0.6) is 11.5 Å². The summed E-state index contributed by atoms with van der Waals surface area (Å²) in [5.74, 6) is 4.15. The minimum atomic E-state index is 0.529. The Labute approximate surface area is 137 Å². The Morgan fingerprint density at radius 3 is 1.43 bits per heavy atom. The van der Waals surface area contributed by atoms with E-state index < -0.39 is 0 Å². The van der Waals surface area contributed by atoms with Crippen LogP contribution >= 0.6 is 0 Å². The smallest absolute Gasteiger partial charge is 0.118 e. The van der Waals surface area contributed by atoms with Gasteiger partial charge in [0.25, 0.3) is 0 Å². The molecule has 2 aromatic rings. The standard InChI is InChI=1S/C20H22O3/c1-21-15-7-3-13(4-8-15)19-17-11-23-12-18(17)20(19)14-5-9-16(22-2)10-6-14/h3-10,17-20H,11-12H2,1-2H3/t17?,18?,19-,20-/m1/s1. The third-order valence-electron chi connectivity index (χ3n) is 5.48. The predicted molar refractivity (Wildman–Crippen MR) is 89.3 cm³/mol. The lowest BCUT2D eigenvalue weighted by molar-refractivity contribution is 0.142. The Hall–Kier alpha value is -2.00. The summed E-state index contributed by atoms with van der Waals surface area (Å²) in [6.45, 7) is 1.77. The van der Waals surface area contributed by atoms with Gasteiger partial charge in [-0.3, -0.25) is 0 Å². The summed E-state index contributed by atoms with van der Waals surface area (Å²) in [4.78, 5) is 0. The molecular weight excluding hydrogens is 288 g/mol. The topological polar surface area (TPSA) is 27.7 Å². The maximum atomic E-state index is 5.78. The van der Waals surface area contributed by atoms with Crippen molar-refractivity contribution in [3.05, 3.63) is 59.7 Å². The quantitative estimate of drug-likeness (QED) is 0.858. The molecule has 1 saturated carbocycles. The fraction of sp³-hybridized carbons (Fsp3) is 0.400. The van der Waals surface area contributed by atoms with Crippen LogP contribution in [0, 0.1) is 11.8 Å². The Morgan fingerprint density at radius 1 is 0.696 bits per heavy atom. The predicted octanol–water partition coefficient (Wildman–Crippen LogP) is 3.85. The fourth-order valence-electron chi connectivity index (χ4n) is 4.28. The van der Waals surface area contributed by atoms with Crippen LogP contribution in [0.4, 0.5) is 0 Å². The molecule has 0 bridgehead atoms. The lowest BCUT2D eigenvalue weighted by atomic mass is 9.54. The third-order valence-corrected chi connectivity index (χ3v) is 5.48. The molecule has 2 aromatic carbocycles. The molecule has 0 amide bonds. The highest BCUT2D eigenvalue weighted by Gasteiger charge is 2.54. The van der Waals surface area contributed by atoms with Crippen molar-refractivity contribution in [2.24, 2.45) is 11.8 Å². The summed E-state index contributed by atoms with van der Waals surface area (Å²) in [7, 11) is 3.42. The Kier molecular flexibility index (Phi) is 3.74. The van der Waals surface area contributed by atoms with E-state index in [-0.39, 0.29) is 0 Å². The summed E-state index contributed by atoms with van der Waals surface area (Å²) in [6, 6.07) is 17.0. The molecule has 2 fully saturated rings. The van der Waals surface area contributed by atoms with Crippen LogP contribution in [0.1, 0.15) is 23.0 Å². The zero-order valence-electron chi connectivity index (χ0n) is 13.6. The maximum absolute atomic E-state index is 5.78. The number of methoxy groups -OCH3 is 2. The fourth-order valence-corrected chi connectivity index (χ4v) is 4.28. The lowest BCUT2D eigenvalue weighted by Crippen LogP contribution is -2.42. The van der Waals surface area contributed by atoms with Gasteiger partial charge in [0, 0.05) is 0 Å². The van der Waals surface area contributed by atoms with Gasteiger partial charge in [0.2, 0.25) is 0 Å². The molecule has 2 unspecified atom stereocenters. The van der Waals surface area contributed by atoms with Crippen molar-refractivity contribution in [3.63, 3.8) is 0 Å². The molecule has 23 heavy (non-hydrogen) atoms. The second-order valence-electron chi connectivity index (χ2n) is 6.46. The first kappa shape index (κ1) is 14.6. The lowest BCUT2D eigenvalue weighted by Gasteiger charge is -2.48. The summed E-state index contributed by atoms with van der Waals surface area (Å²) in [5.41, 5.74) is 2.77. The van der Waals surface area contributed by atoms with E-state index in [9.17, 15) is 0 Å². The molecule has 1 heterocycles. The molecule has 4 rings (SSSR count). The number of ether oxygens (including phenoxy) is 3. The number of rotatable bonds is 4. The van der Waals surface area contributed by atoms with Crippen molar-refractivity contribution in [1.82, 2.24) is 0 Å². The van der Waals surface area contributed by atoms with E-state index in [4.69, 9.17) is 14.2 Å². The van der Waals surface area contributed by atoms with Gasteiger partial charge >= 0.3 is 0 Å². The molecule has 1 saturated heterocycles. The SMILES string of the molecule is COc1ccc([C@@H]2C3COCC3[C@H]2c2ccc(OC)cc2)cc1. The first-order chi connectivity index (χ1) is 11.3. The van der Waals surface area contributed by atoms with Gasteiger partial charge in [-0.2, -0.15) is 0 Å². The van der Waals surface area contributed by atoms with E-state index in [0.29, 0.717) is 23.7 Å². The van der Waals surface area contributed by atoms with E-state index in [1.807, 2.05) is 0 Å². The average molecular weight is 310 g/mol. The summed E-state index contributed by atoms with van der Waals surface area (Å²) in [6.07, 6.45) is 0. The summed E-state index contributed by atoms with van der Waals surface area (Å²) >= 11 is 0. The molecule has 120 valence electrons. The number of hydrogen-bond acceptors (Lipinski definition) is 3. The monoisotopic (exact) mass is 310 g/mol. The number of benzene rings is 2. The molecule has 4 atom stereocenters. The van der Waals surface area contributed by atoms with Gasteiger partial charge in [0.05, 0.1) is 27.4 Å². The third kappa shape index (κ3) is 2.40. The van der Waals surface area contributed by atoms with Crippen LogP contribution in [0.25, 0.3) is 0 Å². The molecule has 2 aliphatic rings. The second kappa shape index (κ2) is 5.89. The molecule has 3 nitrogen and oxygen atoms in total. The van der Waals surface area contributed by atoms with E-state index in [1.165, 1.54) is 11.1 Å². The molecule has 0 N–H and O–H groups in total. The zero-order valence-corrected chi connectivity index (χ0v) is 13.6. The maximum Gasteiger partial charge on any atom is 0.118 e. The largest absolute Gasteiger partial charge is 0.497 e. The van der Waals surface area contributed by atoms with Crippen molar-refractivity contribution >= 4 is 0 Å². The summed E-state index contributed by atoms with van der Waals surface area (Å²) in [5, 5.41) is 0. The Bertz CT molecular complexity index is 603. The van der Waals surface area contributed by atoms with Crippen LogP contribution in [0.3, 0.4) is 0 Å². The van der Waals surface area contributed by atoms with Crippen molar-refractivity contribution < 1.29 is 14.2 Å². The van der Waals surface area contributed by atoms with E-state index in [0.717, 1.165) is 24.7 Å². The van der Waals surface area contributed by atoms with Gasteiger partial charge < -0.3 is 14.2 Å². The number of fused-ring (bicyclic) bond motifs is 1. The van der Waals surface area contributed by atoms with Gasteiger partial charge in [-0.1, -0.05) is 24.3 Å². The van der Waals surface area contributed by atoms with Crippen LogP contribution in [-0.2, 0) is 4.74 Å². The Morgan fingerprint density at radius 2 is 1.09 bits per heavy atom. The highest BCUT2D eigenvalue weighted by molar-refractivity contribution is 5.40. The van der Waals surface area contributed by atoms with Crippen molar-refractivity contribution in [3.8, 4) is 11.5 Å². The second-order valence-corrected chi connectivity index (χ2v) is 6.46. The zero-order chi connectivity index (χ0) is 15.8. The average Bonchev–Trinajstić information content (AvgIpc) is 3.00. The molecular formula is C20H22O3. The van der Waals surface area contributed by atoms with Gasteiger partial charge in [0.15, 0.2) is 0 Å². The van der Waals surface area contributed by atoms with Crippen molar-refractivity contribution in [1.29, 1.82) is 0 Å². The van der Waals surface area contributed by atoms with Crippen LogP contribution in [0.15, 0.2) is 48.5 Å². The van der Waals surface area contributed by atoms with Gasteiger partial charge in [0.1, 0.15) is 11.5 Å². The molecule has 1 aliphatic carbocycles. The van der Waals surface area contributed by atoms with Gasteiger partial charge in [-0.25, -0.2) is 0 Å². The van der Waals surface area contributed by atoms with Crippen LogP contribution in [0.2, 0.25) is 0 Å². The minimum Gasteiger partial charge on any atom is -0.497 e. The molecule has 0 radical (unpaired) electrons. The highest BCUT2D eigenvalue weighted by Crippen LogP contribution is 2.60. The van der Waals surface area contributed by atoms with E-state index >= 15 is 0 Å². The minimum absolute atomic E-state index is 0.529. The molecule has 1 aliphatic heterocycles. The van der Waals surface area contributed by atoms with Crippen LogP contribution < -0.4 is 9.47 Å². The van der Waals surface area contributed by atoms with Crippen molar-refractivity contribution in [2.75, 3.05) is 27.4 Å². The summed E-state index contributed by atoms with van der Waals surface area (Å²) < 4.78 is 16.3. The van der Waals surface area contributed by atoms with Crippen molar-refractivity contribution in [2.45, 2.75) is 11.8 Å². The molecule has 0 aromatic heterocycles. The molecule has 0 spiro atoms. The normalized spacial score (nSPS) is 28.8. The number of hydrogen-bond donors (Lipinski definition) is 0. The highest BCUT2D eigenvalue weighted by atomic mass is 16.5.